The van der Waals surface area contributed by atoms with Gasteiger partial charge in [-0.15, -0.1) is 0 Å². The van der Waals surface area contributed by atoms with Crippen molar-refractivity contribution in [3.05, 3.63) is 47.0 Å². The molecule has 1 N–H and O–H groups in total. The number of rotatable bonds is 5. The SMILES string of the molecule is CCc1cc(C(NC)c2ccc(OC)cc2F)n(C)n1. The molecule has 1 aromatic carbocycles. The number of ether oxygens (including phenoxy) is 1. The summed E-state index contributed by atoms with van der Waals surface area (Å²) in [6.07, 6.45) is 0.857. The van der Waals surface area contributed by atoms with Crippen LogP contribution in [0.25, 0.3) is 0 Å². The smallest absolute Gasteiger partial charge is 0.132 e. The third-order valence-electron chi connectivity index (χ3n) is 3.43. The number of aryl methyl sites for hydroxylation is 2. The Morgan fingerprint density at radius 2 is 2.15 bits per heavy atom. The number of methoxy groups -OCH3 is 1. The van der Waals surface area contributed by atoms with Crippen LogP contribution in [-0.4, -0.2) is 23.9 Å². The van der Waals surface area contributed by atoms with Crippen molar-refractivity contribution in [3.8, 4) is 5.75 Å². The van der Waals surface area contributed by atoms with Crippen molar-refractivity contribution >= 4 is 0 Å². The van der Waals surface area contributed by atoms with E-state index in [2.05, 4.69) is 17.3 Å². The molecule has 0 amide bonds. The number of halogens is 1. The largest absolute Gasteiger partial charge is 0.497 e. The first-order valence-corrected chi connectivity index (χ1v) is 6.64. The van der Waals surface area contributed by atoms with Crippen molar-refractivity contribution in [2.24, 2.45) is 7.05 Å². The highest BCUT2D eigenvalue weighted by atomic mass is 19.1. The topological polar surface area (TPSA) is 39.1 Å². The number of benzene rings is 1. The van der Waals surface area contributed by atoms with Crippen LogP contribution in [0.4, 0.5) is 4.39 Å². The fraction of sp³-hybridized carbons (Fsp3) is 0.400. The second kappa shape index (κ2) is 6.05. The zero-order valence-corrected chi connectivity index (χ0v) is 12.3. The fourth-order valence-electron chi connectivity index (χ4n) is 2.32. The van der Waals surface area contributed by atoms with Crippen LogP contribution in [0, 0.1) is 5.82 Å². The summed E-state index contributed by atoms with van der Waals surface area (Å²) >= 11 is 0. The molecule has 0 radical (unpaired) electrons. The zero-order chi connectivity index (χ0) is 14.7. The van der Waals surface area contributed by atoms with Gasteiger partial charge in [0.15, 0.2) is 0 Å². The molecule has 1 unspecified atom stereocenters. The molecule has 1 heterocycles. The predicted molar refractivity (Wildman–Crippen MR) is 76.4 cm³/mol. The van der Waals surface area contributed by atoms with Gasteiger partial charge in [-0.05, 0) is 25.6 Å². The van der Waals surface area contributed by atoms with Gasteiger partial charge in [0.25, 0.3) is 0 Å². The monoisotopic (exact) mass is 277 g/mol. The van der Waals surface area contributed by atoms with Crippen molar-refractivity contribution in [1.82, 2.24) is 15.1 Å². The molecule has 0 fully saturated rings. The molecule has 1 atom stereocenters. The van der Waals surface area contributed by atoms with Gasteiger partial charge < -0.3 is 10.1 Å². The maximum Gasteiger partial charge on any atom is 0.132 e. The van der Waals surface area contributed by atoms with E-state index in [4.69, 9.17) is 4.74 Å². The quantitative estimate of drug-likeness (QED) is 0.912. The summed E-state index contributed by atoms with van der Waals surface area (Å²) < 4.78 is 21.1. The van der Waals surface area contributed by atoms with Gasteiger partial charge in [-0.1, -0.05) is 13.0 Å². The zero-order valence-electron chi connectivity index (χ0n) is 12.3. The Morgan fingerprint density at radius 1 is 1.40 bits per heavy atom. The Morgan fingerprint density at radius 3 is 2.65 bits per heavy atom. The maximum absolute atomic E-state index is 14.2. The van der Waals surface area contributed by atoms with Gasteiger partial charge in [0.1, 0.15) is 11.6 Å². The van der Waals surface area contributed by atoms with Crippen LogP contribution in [0.1, 0.15) is 29.9 Å². The highest BCUT2D eigenvalue weighted by molar-refractivity contribution is 5.35. The van der Waals surface area contributed by atoms with Gasteiger partial charge >= 0.3 is 0 Å². The molecule has 108 valence electrons. The van der Waals surface area contributed by atoms with Crippen molar-refractivity contribution in [2.75, 3.05) is 14.2 Å². The third-order valence-corrected chi connectivity index (χ3v) is 3.43. The van der Waals surface area contributed by atoms with Gasteiger partial charge in [-0.3, -0.25) is 4.68 Å². The van der Waals surface area contributed by atoms with Gasteiger partial charge in [-0.25, -0.2) is 4.39 Å². The number of nitrogens with one attached hydrogen (secondary N) is 1. The van der Waals surface area contributed by atoms with Crippen molar-refractivity contribution < 1.29 is 9.13 Å². The molecule has 0 saturated carbocycles. The molecular weight excluding hydrogens is 257 g/mol. The summed E-state index contributed by atoms with van der Waals surface area (Å²) in [6, 6.07) is 6.67. The van der Waals surface area contributed by atoms with Crippen LogP contribution >= 0.6 is 0 Å². The normalized spacial score (nSPS) is 12.4. The lowest BCUT2D eigenvalue weighted by atomic mass is 10.0. The van der Waals surface area contributed by atoms with E-state index in [1.165, 1.54) is 13.2 Å². The highest BCUT2D eigenvalue weighted by Gasteiger charge is 2.20. The second-order valence-electron chi connectivity index (χ2n) is 4.65. The minimum absolute atomic E-state index is 0.237. The first-order chi connectivity index (χ1) is 9.60. The van der Waals surface area contributed by atoms with Crippen LogP contribution in [0.15, 0.2) is 24.3 Å². The Labute approximate surface area is 118 Å². The standard InChI is InChI=1S/C15H20FN3O/c1-5-10-8-14(19(3)18-10)15(17-2)12-7-6-11(20-4)9-13(12)16/h6-9,15,17H,5H2,1-4H3. The summed E-state index contributed by atoms with van der Waals surface area (Å²) in [5, 5.41) is 7.57. The predicted octanol–water partition coefficient (Wildman–Crippen LogP) is 2.44. The van der Waals surface area contributed by atoms with Crippen LogP contribution in [0.5, 0.6) is 5.75 Å². The molecule has 20 heavy (non-hydrogen) atoms. The lowest BCUT2D eigenvalue weighted by molar-refractivity contribution is 0.410. The molecule has 0 spiro atoms. The molecule has 0 aliphatic carbocycles. The molecule has 4 nitrogen and oxygen atoms in total. The van der Waals surface area contributed by atoms with Gasteiger partial charge in [0.2, 0.25) is 0 Å². The van der Waals surface area contributed by atoms with Crippen LogP contribution in [-0.2, 0) is 13.5 Å². The number of hydrogen-bond donors (Lipinski definition) is 1. The highest BCUT2D eigenvalue weighted by Crippen LogP contribution is 2.27. The maximum atomic E-state index is 14.2. The molecule has 2 aromatic rings. The minimum atomic E-state index is -0.289. The van der Waals surface area contributed by atoms with E-state index < -0.39 is 0 Å². The van der Waals surface area contributed by atoms with Crippen molar-refractivity contribution in [2.45, 2.75) is 19.4 Å². The third kappa shape index (κ3) is 2.67. The van der Waals surface area contributed by atoms with Gasteiger partial charge in [0.05, 0.1) is 24.5 Å². The summed E-state index contributed by atoms with van der Waals surface area (Å²) in [6.45, 7) is 2.05. The average Bonchev–Trinajstić information content (AvgIpc) is 2.82. The molecule has 2 rings (SSSR count). The molecule has 0 saturated heterocycles. The van der Waals surface area contributed by atoms with Crippen LogP contribution in [0.2, 0.25) is 0 Å². The van der Waals surface area contributed by atoms with E-state index in [9.17, 15) is 4.39 Å². The van der Waals surface area contributed by atoms with Crippen molar-refractivity contribution in [3.63, 3.8) is 0 Å². The fourth-order valence-corrected chi connectivity index (χ4v) is 2.32. The van der Waals surface area contributed by atoms with E-state index in [1.807, 2.05) is 20.2 Å². The molecule has 0 aliphatic heterocycles. The first kappa shape index (κ1) is 14.5. The Bertz CT molecular complexity index is 595. The first-order valence-electron chi connectivity index (χ1n) is 6.64. The number of aromatic nitrogens is 2. The summed E-state index contributed by atoms with van der Waals surface area (Å²) in [5.41, 5.74) is 2.52. The van der Waals surface area contributed by atoms with Crippen LogP contribution in [0.3, 0.4) is 0 Å². The molecule has 0 aliphatic rings. The van der Waals surface area contributed by atoms with E-state index in [0.29, 0.717) is 11.3 Å². The Kier molecular flexibility index (Phi) is 4.39. The minimum Gasteiger partial charge on any atom is -0.497 e. The average molecular weight is 277 g/mol. The van der Waals surface area contributed by atoms with Gasteiger partial charge in [-0.2, -0.15) is 5.10 Å². The number of hydrogen-bond acceptors (Lipinski definition) is 3. The van der Waals surface area contributed by atoms with E-state index in [1.54, 1.807) is 16.8 Å². The molecular formula is C15H20FN3O. The van der Waals surface area contributed by atoms with E-state index in [-0.39, 0.29) is 11.9 Å². The summed E-state index contributed by atoms with van der Waals surface area (Å²) in [7, 11) is 5.21. The Hall–Kier alpha value is -1.88. The summed E-state index contributed by atoms with van der Waals surface area (Å²) in [4.78, 5) is 0. The lowest BCUT2D eigenvalue weighted by Crippen LogP contribution is -2.21. The second-order valence-corrected chi connectivity index (χ2v) is 4.65. The van der Waals surface area contributed by atoms with E-state index >= 15 is 0 Å². The van der Waals surface area contributed by atoms with E-state index in [0.717, 1.165) is 17.8 Å². The summed E-state index contributed by atoms with van der Waals surface area (Å²) in [5.74, 6) is 0.225. The van der Waals surface area contributed by atoms with Gasteiger partial charge in [0, 0.05) is 18.7 Å². The van der Waals surface area contributed by atoms with Crippen LogP contribution < -0.4 is 10.1 Å². The molecule has 5 heteroatoms. The lowest BCUT2D eigenvalue weighted by Gasteiger charge is -2.18. The number of nitrogens with zero attached hydrogens (tertiary/aromatic N) is 2. The molecule has 0 bridgehead atoms. The Balaban J connectivity index is 2.43. The van der Waals surface area contributed by atoms with Crippen molar-refractivity contribution in [1.29, 1.82) is 0 Å². The molecule has 1 aromatic heterocycles.